The fourth-order valence-electron chi connectivity index (χ4n) is 2.58. The lowest BCUT2D eigenvalue weighted by Gasteiger charge is -2.16. The van der Waals surface area contributed by atoms with Gasteiger partial charge in [0.1, 0.15) is 23.6 Å². The van der Waals surface area contributed by atoms with Gasteiger partial charge in [0.15, 0.2) is 0 Å². The molecule has 0 fully saturated rings. The van der Waals surface area contributed by atoms with Crippen molar-refractivity contribution in [2.75, 3.05) is 0 Å². The predicted octanol–water partition coefficient (Wildman–Crippen LogP) is 1.13. The normalized spacial score (nSPS) is 11.6. The minimum atomic E-state index is -1.12. The lowest BCUT2D eigenvalue weighted by molar-refractivity contribution is -0.137. The molecule has 2 amide bonds. The number of primary amides is 1. The first-order valence-corrected chi connectivity index (χ1v) is 8.09. The number of Topliss-reactive ketones (excluding diaryl/α,β-unsaturated/α-hetero) is 1. The van der Waals surface area contributed by atoms with Gasteiger partial charge in [0, 0.05) is 24.4 Å². The summed E-state index contributed by atoms with van der Waals surface area (Å²) in [5, 5.41) is 6.38. The Morgan fingerprint density at radius 3 is 2.56 bits per heavy atom. The fraction of sp³-hybridized carbons (Fsp3) is 0.105. The molecule has 2 heterocycles. The molecule has 0 radical (unpaired) electrons. The third-order valence-corrected chi connectivity index (χ3v) is 3.90. The molecule has 0 aliphatic rings. The second-order valence-electron chi connectivity index (χ2n) is 5.76. The van der Waals surface area contributed by atoms with E-state index in [1.165, 1.54) is 12.5 Å². The zero-order chi connectivity index (χ0) is 19.2. The number of ketones is 1. The summed E-state index contributed by atoms with van der Waals surface area (Å²) >= 11 is 0. The van der Waals surface area contributed by atoms with Crippen LogP contribution in [0.3, 0.4) is 0 Å². The SMILES string of the molecule is NC(=O)C(=O)C(Cc1ccccc1)NC(=O)c1conc1-c1cccnc1. The number of nitrogens with two attached hydrogens (primary N) is 1. The Morgan fingerprint density at radius 2 is 1.89 bits per heavy atom. The summed E-state index contributed by atoms with van der Waals surface area (Å²) in [5.41, 5.74) is 6.89. The molecule has 0 bridgehead atoms. The summed E-state index contributed by atoms with van der Waals surface area (Å²) in [7, 11) is 0. The number of nitrogens with one attached hydrogen (secondary N) is 1. The van der Waals surface area contributed by atoms with Crippen LogP contribution in [0.15, 0.2) is 65.6 Å². The smallest absolute Gasteiger partial charge is 0.287 e. The zero-order valence-electron chi connectivity index (χ0n) is 14.2. The molecule has 136 valence electrons. The minimum absolute atomic E-state index is 0.123. The van der Waals surface area contributed by atoms with Crippen LogP contribution in [0, 0.1) is 0 Å². The largest absolute Gasteiger partial charge is 0.363 e. The number of amides is 2. The van der Waals surface area contributed by atoms with Crippen LogP contribution in [-0.2, 0) is 16.0 Å². The molecule has 3 N–H and O–H groups in total. The van der Waals surface area contributed by atoms with Gasteiger partial charge in [-0.3, -0.25) is 19.4 Å². The average molecular weight is 364 g/mol. The molecular formula is C19H16N4O4. The maximum atomic E-state index is 12.7. The number of aromatic nitrogens is 2. The average Bonchev–Trinajstić information content (AvgIpc) is 3.18. The first-order chi connectivity index (χ1) is 13.1. The number of rotatable bonds is 7. The van der Waals surface area contributed by atoms with Crippen molar-refractivity contribution in [3.63, 3.8) is 0 Å². The van der Waals surface area contributed by atoms with E-state index in [0.717, 1.165) is 5.56 Å². The maximum Gasteiger partial charge on any atom is 0.287 e. The first-order valence-electron chi connectivity index (χ1n) is 8.09. The number of carbonyl (C=O) groups excluding carboxylic acids is 3. The third kappa shape index (κ3) is 4.24. The van der Waals surface area contributed by atoms with Crippen molar-refractivity contribution in [2.45, 2.75) is 12.5 Å². The predicted molar refractivity (Wildman–Crippen MR) is 95.3 cm³/mol. The van der Waals surface area contributed by atoms with Gasteiger partial charge in [0.2, 0.25) is 5.78 Å². The fourth-order valence-corrected chi connectivity index (χ4v) is 2.58. The van der Waals surface area contributed by atoms with Crippen LogP contribution in [0.2, 0.25) is 0 Å². The highest BCUT2D eigenvalue weighted by atomic mass is 16.5. The Morgan fingerprint density at radius 1 is 1.11 bits per heavy atom. The van der Waals surface area contributed by atoms with Gasteiger partial charge in [-0.05, 0) is 17.7 Å². The number of carbonyl (C=O) groups is 3. The van der Waals surface area contributed by atoms with Gasteiger partial charge in [0.25, 0.3) is 11.8 Å². The summed E-state index contributed by atoms with van der Waals surface area (Å²) in [6, 6.07) is 11.3. The topological polar surface area (TPSA) is 128 Å². The lowest BCUT2D eigenvalue weighted by atomic mass is 10.0. The first kappa shape index (κ1) is 18.0. The van der Waals surface area contributed by atoms with Gasteiger partial charge >= 0.3 is 0 Å². The van der Waals surface area contributed by atoms with Gasteiger partial charge in [-0.25, -0.2) is 0 Å². The molecule has 0 aliphatic carbocycles. The summed E-state index contributed by atoms with van der Waals surface area (Å²) in [4.78, 5) is 40.2. The van der Waals surface area contributed by atoms with Crippen molar-refractivity contribution in [1.82, 2.24) is 15.5 Å². The van der Waals surface area contributed by atoms with Crippen LogP contribution in [0.4, 0.5) is 0 Å². The highest BCUT2D eigenvalue weighted by Gasteiger charge is 2.27. The van der Waals surface area contributed by atoms with E-state index in [1.54, 1.807) is 42.6 Å². The van der Waals surface area contributed by atoms with Gasteiger partial charge in [-0.15, -0.1) is 0 Å². The van der Waals surface area contributed by atoms with E-state index in [2.05, 4.69) is 15.5 Å². The van der Waals surface area contributed by atoms with E-state index in [9.17, 15) is 14.4 Å². The quantitative estimate of drug-likeness (QED) is 0.605. The van der Waals surface area contributed by atoms with Crippen LogP contribution in [-0.4, -0.2) is 33.8 Å². The number of benzene rings is 1. The van der Waals surface area contributed by atoms with Gasteiger partial charge < -0.3 is 15.6 Å². The molecule has 0 aliphatic heterocycles. The van der Waals surface area contributed by atoms with Crippen molar-refractivity contribution in [3.05, 3.63) is 72.2 Å². The molecule has 0 spiro atoms. The van der Waals surface area contributed by atoms with Gasteiger partial charge in [-0.2, -0.15) is 0 Å². The van der Waals surface area contributed by atoms with Crippen LogP contribution < -0.4 is 11.1 Å². The summed E-state index contributed by atoms with van der Waals surface area (Å²) in [5.74, 6) is -2.61. The van der Waals surface area contributed by atoms with Crippen molar-refractivity contribution < 1.29 is 18.9 Å². The van der Waals surface area contributed by atoms with Crippen molar-refractivity contribution >= 4 is 17.6 Å². The maximum absolute atomic E-state index is 12.7. The molecule has 1 aromatic carbocycles. The van der Waals surface area contributed by atoms with Crippen LogP contribution >= 0.6 is 0 Å². The Labute approximate surface area is 154 Å². The van der Waals surface area contributed by atoms with Crippen molar-refractivity contribution in [1.29, 1.82) is 0 Å². The molecule has 3 rings (SSSR count). The number of nitrogens with zero attached hydrogens (tertiary/aromatic N) is 2. The Balaban J connectivity index is 1.84. The van der Waals surface area contributed by atoms with Crippen LogP contribution in [0.25, 0.3) is 11.3 Å². The van der Waals surface area contributed by atoms with Crippen molar-refractivity contribution in [3.8, 4) is 11.3 Å². The Kier molecular flexibility index (Phi) is 5.36. The number of hydrogen-bond acceptors (Lipinski definition) is 6. The lowest BCUT2D eigenvalue weighted by Crippen LogP contribution is -2.47. The van der Waals surface area contributed by atoms with E-state index < -0.39 is 23.6 Å². The standard InChI is InChI=1S/C19H16N4O4/c20-18(25)17(24)15(9-12-5-2-1-3-6-12)22-19(26)14-11-27-23-16(14)13-7-4-8-21-10-13/h1-8,10-11,15H,9H2,(H2,20,25)(H,22,26). The molecule has 8 heteroatoms. The van der Waals surface area contributed by atoms with E-state index in [-0.39, 0.29) is 17.7 Å². The van der Waals surface area contributed by atoms with Gasteiger partial charge in [-0.1, -0.05) is 35.5 Å². The summed E-state index contributed by atoms with van der Waals surface area (Å²) < 4.78 is 4.91. The molecule has 0 saturated heterocycles. The molecule has 2 aromatic heterocycles. The van der Waals surface area contributed by atoms with Crippen LogP contribution in [0.1, 0.15) is 15.9 Å². The molecule has 1 unspecified atom stereocenters. The van der Waals surface area contributed by atoms with Crippen LogP contribution in [0.5, 0.6) is 0 Å². The third-order valence-electron chi connectivity index (χ3n) is 3.90. The number of pyridine rings is 1. The molecule has 1 atom stereocenters. The second kappa shape index (κ2) is 8.05. The summed E-state index contributed by atoms with van der Waals surface area (Å²) in [6.07, 6.45) is 4.42. The Bertz CT molecular complexity index is 954. The molecule has 3 aromatic rings. The highest BCUT2D eigenvalue weighted by molar-refractivity contribution is 6.38. The zero-order valence-corrected chi connectivity index (χ0v) is 14.2. The minimum Gasteiger partial charge on any atom is -0.363 e. The number of hydrogen-bond donors (Lipinski definition) is 2. The van der Waals surface area contributed by atoms with E-state index >= 15 is 0 Å². The van der Waals surface area contributed by atoms with Crippen molar-refractivity contribution in [2.24, 2.45) is 5.73 Å². The Hall–Kier alpha value is -3.81. The highest BCUT2D eigenvalue weighted by Crippen LogP contribution is 2.21. The van der Waals surface area contributed by atoms with E-state index in [4.69, 9.17) is 10.3 Å². The second-order valence-corrected chi connectivity index (χ2v) is 5.76. The molecule has 27 heavy (non-hydrogen) atoms. The van der Waals surface area contributed by atoms with E-state index in [0.29, 0.717) is 5.56 Å². The monoisotopic (exact) mass is 364 g/mol. The van der Waals surface area contributed by atoms with Gasteiger partial charge in [0.05, 0.1) is 0 Å². The summed E-state index contributed by atoms with van der Waals surface area (Å²) in [6.45, 7) is 0. The molecule has 8 nitrogen and oxygen atoms in total. The van der Waals surface area contributed by atoms with E-state index in [1.807, 2.05) is 6.07 Å². The molecule has 0 saturated carbocycles. The molecular weight excluding hydrogens is 348 g/mol.